The van der Waals surface area contributed by atoms with Gasteiger partial charge in [-0.1, -0.05) is 18.2 Å². The van der Waals surface area contributed by atoms with Crippen molar-refractivity contribution in [1.82, 2.24) is 9.88 Å². The first kappa shape index (κ1) is 19.6. The minimum Gasteiger partial charge on any atom is -0.395 e. The average Bonchev–Trinajstić information content (AvgIpc) is 2.68. The monoisotopic (exact) mass is 390 g/mol. The predicted molar refractivity (Wildman–Crippen MR) is 97.9 cm³/mol. The lowest BCUT2D eigenvalue weighted by molar-refractivity contribution is -0.137. The molecular weight excluding hydrogens is 373 g/mol. The molecule has 0 atom stereocenters. The standard InChI is InChI=1S/C20H17F3N2O3/c21-20(22,23)14-6-4-13(5-7-14)12-24-18(27)16-2-1-3-17-15(16)8-9-25(10-11-26)19(17)28/h1-9,26H,10-12H2,(H,24,27). The number of amides is 1. The van der Waals surface area contributed by atoms with Crippen LogP contribution in [0.1, 0.15) is 21.5 Å². The van der Waals surface area contributed by atoms with Gasteiger partial charge in [0.05, 0.1) is 12.2 Å². The van der Waals surface area contributed by atoms with Crippen molar-refractivity contribution in [2.75, 3.05) is 6.61 Å². The van der Waals surface area contributed by atoms with Crippen LogP contribution in [-0.4, -0.2) is 22.2 Å². The van der Waals surface area contributed by atoms with Crippen molar-refractivity contribution in [3.63, 3.8) is 0 Å². The van der Waals surface area contributed by atoms with Gasteiger partial charge in [-0.25, -0.2) is 0 Å². The third kappa shape index (κ3) is 4.07. The maximum atomic E-state index is 12.6. The van der Waals surface area contributed by atoms with E-state index >= 15 is 0 Å². The Morgan fingerprint density at radius 1 is 1.04 bits per heavy atom. The summed E-state index contributed by atoms with van der Waals surface area (Å²) in [5, 5.41) is 12.5. The molecule has 3 rings (SSSR count). The molecule has 28 heavy (non-hydrogen) atoms. The Hall–Kier alpha value is -3.13. The number of aliphatic hydroxyl groups excluding tert-OH is 1. The van der Waals surface area contributed by atoms with E-state index in [-0.39, 0.29) is 30.8 Å². The van der Waals surface area contributed by atoms with Crippen molar-refractivity contribution in [1.29, 1.82) is 0 Å². The first-order valence-electron chi connectivity index (χ1n) is 8.48. The predicted octanol–water partition coefficient (Wildman–Crippen LogP) is 2.94. The third-order valence-corrected chi connectivity index (χ3v) is 4.34. The zero-order chi connectivity index (χ0) is 20.3. The van der Waals surface area contributed by atoms with Crippen molar-refractivity contribution in [3.8, 4) is 0 Å². The Morgan fingerprint density at radius 3 is 2.39 bits per heavy atom. The number of carbonyl (C=O) groups excluding carboxylic acids is 1. The van der Waals surface area contributed by atoms with E-state index in [2.05, 4.69) is 5.32 Å². The minimum atomic E-state index is -4.41. The number of aromatic nitrogens is 1. The van der Waals surface area contributed by atoms with Crippen molar-refractivity contribution >= 4 is 16.7 Å². The van der Waals surface area contributed by atoms with Crippen LogP contribution in [0.4, 0.5) is 13.2 Å². The van der Waals surface area contributed by atoms with E-state index in [1.165, 1.54) is 22.9 Å². The number of alkyl halides is 3. The number of aliphatic hydroxyl groups is 1. The largest absolute Gasteiger partial charge is 0.416 e. The van der Waals surface area contributed by atoms with Crippen molar-refractivity contribution in [2.24, 2.45) is 0 Å². The van der Waals surface area contributed by atoms with E-state index in [9.17, 15) is 22.8 Å². The van der Waals surface area contributed by atoms with Crippen LogP contribution in [0.15, 0.2) is 59.5 Å². The lowest BCUT2D eigenvalue weighted by Gasteiger charge is -2.11. The molecule has 8 heteroatoms. The van der Waals surface area contributed by atoms with E-state index < -0.39 is 17.6 Å². The molecule has 0 spiro atoms. The number of carbonyl (C=O) groups is 1. The van der Waals surface area contributed by atoms with Crippen LogP contribution in [0.2, 0.25) is 0 Å². The van der Waals surface area contributed by atoms with E-state index in [1.807, 2.05) is 0 Å². The number of halogens is 3. The minimum absolute atomic E-state index is 0.0505. The molecule has 0 bridgehead atoms. The molecule has 5 nitrogen and oxygen atoms in total. The highest BCUT2D eigenvalue weighted by atomic mass is 19.4. The molecule has 0 saturated carbocycles. The normalized spacial score (nSPS) is 11.6. The van der Waals surface area contributed by atoms with Gasteiger partial charge in [0.25, 0.3) is 11.5 Å². The van der Waals surface area contributed by atoms with Crippen LogP contribution in [0.25, 0.3) is 10.8 Å². The summed E-state index contributed by atoms with van der Waals surface area (Å²) < 4.78 is 39.2. The number of nitrogens with zero attached hydrogens (tertiary/aromatic N) is 1. The zero-order valence-corrected chi connectivity index (χ0v) is 14.7. The molecular formula is C20H17F3N2O3. The smallest absolute Gasteiger partial charge is 0.395 e. The number of pyridine rings is 1. The maximum absolute atomic E-state index is 12.6. The molecule has 0 fully saturated rings. The number of hydrogen-bond donors (Lipinski definition) is 2. The molecule has 3 aromatic rings. The van der Waals surface area contributed by atoms with Gasteiger partial charge in [0, 0.05) is 35.6 Å². The number of fused-ring (bicyclic) bond motifs is 1. The topological polar surface area (TPSA) is 71.3 Å². The average molecular weight is 390 g/mol. The van der Waals surface area contributed by atoms with Crippen LogP contribution < -0.4 is 10.9 Å². The van der Waals surface area contributed by atoms with Gasteiger partial charge in [0.2, 0.25) is 0 Å². The van der Waals surface area contributed by atoms with Crippen LogP contribution in [0.5, 0.6) is 0 Å². The van der Waals surface area contributed by atoms with Crippen LogP contribution in [0.3, 0.4) is 0 Å². The molecule has 0 saturated heterocycles. The first-order chi connectivity index (χ1) is 13.3. The first-order valence-corrected chi connectivity index (χ1v) is 8.48. The summed E-state index contributed by atoms with van der Waals surface area (Å²) in [6, 6.07) is 10.9. The fraction of sp³-hybridized carbons (Fsp3) is 0.200. The van der Waals surface area contributed by atoms with Crippen LogP contribution in [0, 0.1) is 0 Å². The van der Waals surface area contributed by atoms with Gasteiger partial charge >= 0.3 is 6.18 Å². The van der Waals surface area contributed by atoms with E-state index in [4.69, 9.17) is 5.11 Å². The highest BCUT2D eigenvalue weighted by molar-refractivity contribution is 6.06. The number of rotatable bonds is 5. The summed E-state index contributed by atoms with van der Waals surface area (Å²) in [5.74, 6) is -0.440. The second-order valence-corrected chi connectivity index (χ2v) is 6.18. The Morgan fingerprint density at radius 2 is 1.75 bits per heavy atom. The summed E-state index contributed by atoms with van der Waals surface area (Å²) in [6.07, 6.45) is -2.90. The van der Waals surface area contributed by atoms with Crippen LogP contribution in [-0.2, 0) is 19.3 Å². The van der Waals surface area contributed by atoms with Gasteiger partial charge in [0.1, 0.15) is 0 Å². The summed E-state index contributed by atoms with van der Waals surface area (Å²) in [6.45, 7) is 0.0206. The third-order valence-electron chi connectivity index (χ3n) is 4.34. The number of benzene rings is 2. The van der Waals surface area contributed by atoms with E-state index in [0.29, 0.717) is 16.3 Å². The Kier molecular flexibility index (Phi) is 5.51. The Bertz CT molecular complexity index is 1060. The van der Waals surface area contributed by atoms with Gasteiger partial charge in [0.15, 0.2) is 0 Å². The molecule has 0 aliphatic carbocycles. The Balaban J connectivity index is 1.80. The van der Waals surface area contributed by atoms with Crippen molar-refractivity contribution < 1.29 is 23.1 Å². The SMILES string of the molecule is O=C(NCc1ccc(C(F)(F)F)cc1)c1cccc2c(=O)n(CCO)ccc12. The molecule has 2 N–H and O–H groups in total. The lowest BCUT2D eigenvalue weighted by Crippen LogP contribution is -2.25. The molecule has 146 valence electrons. The molecule has 0 aliphatic rings. The quantitative estimate of drug-likeness (QED) is 0.704. The fourth-order valence-electron chi connectivity index (χ4n) is 2.89. The van der Waals surface area contributed by atoms with Crippen molar-refractivity contribution in [2.45, 2.75) is 19.3 Å². The summed E-state index contributed by atoms with van der Waals surface area (Å²) in [5.41, 5.74) is -0.260. The maximum Gasteiger partial charge on any atom is 0.416 e. The van der Waals surface area contributed by atoms with Gasteiger partial charge in [-0.2, -0.15) is 13.2 Å². The van der Waals surface area contributed by atoms with Gasteiger partial charge < -0.3 is 15.0 Å². The highest BCUT2D eigenvalue weighted by Crippen LogP contribution is 2.29. The molecule has 1 heterocycles. The number of hydrogen-bond acceptors (Lipinski definition) is 3. The molecule has 1 aromatic heterocycles. The Labute approximate surface area is 158 Å². The van der Waals surface area contributed by atoms with E-state index in [1.54, 1.807) is 24.3 Å². The van der Waals surface area contributed by atoms with Gasteiger partial charge in [-0.05, 0) is 35.9 Å². The van der Waals surface area contributed by atoms with Crippen LogP contribution >= 0.6 is 0 Å². The second-order valence-electron chi connectivity index (χ2n) is 6.18. The molecule has 2 aromatic carbocycles. The second kappa shape index (κ2) is 7.85. The zero-order valence-electron chi connectivity index (χ0n) is 14.7. The fourth-order valence-corrected chi connectivity index (χ4v) is 2.89. The number of nitrogens with one attached hydrogen (secondary N) is 1. The lowest BCUT2D eigenvalue weighted by atomic mass is 10.1. The molecule has 0 unspecified atom stereocenters. The summed E-state index contributed by atoms with van der Waals surface area (Å²) in [4.78, 5) is 25.0. The van der Waals surface area contributed by atoms with Gasteiger partial charge in [-0.3, -0.25) is 9.59 Å². The van der Waals surface area contributed by atoms with E-state index in [0.717, 1.165) is 12.1 Å². The van der Waals surface area contributed by atoms with Gasteiger partial charge in [-0.15, -0.1) is 0 Å². The molecule has 1 amide bonds. The molecule has 0 aliphatic heterocycles. The van der Waals surface area contributed by atoms with Crippen molar-refractivity contribution in [3.05, 3.63) is 81.8 Å². The molecule has 0 radical (unpaired) electrons. The highest BCUT2D eigenvalue weighted by Gasteiger charge is 2.29. The summed E-state index contributed by atoms with van der Waals surface area (Å²) >= 11 is 0. The summed E-state index contributed by atoms with van der Waals surface area (Å²) in [7, 11) is 0.